The first-order valence-electron chi connectivity index (χ1n) is 5.05. The summed E-state index contributed by atoms with van der Waals surface area (Å²) >= 11 is 0. The second-order valence-electron chi connectivity index (χ2n) is 2.97. The summed E-state index contributed by atoms with van der Waals surface area (Å²) in [4.78, 5) is 22.1. The van der Waals surface area contributed by atoms with Crippen molar-refractivity contribution >= 4 is 11.8 Å². The highest BCUT2D eigenvalue weighted by atomic mass is 16.2. The van der Waals surface area contributed by atoms with Gasteiger partial charge in [0, 0.05) is 26.1 Å². The van der Waals surface area contributed by atoms with E-state index < -0.39 is 0 Å². The first-order chi connectivity index (χ1) is 7.20. The van der Waals surface area contributed by atoms with Crippen molar-refractivity contribution < 1.29 is 9.59 Å². The normalized spacial score (nSPS) is 9.40. The van der Waals surface area contributed by atoms with Crippen LogP contribution in [0.15, 0.2) is 12.7 Å². The summed E-state index contributed by atoms with van der Waals surface area (Å²) in [6, 6.07) is 0. The van der Waals surface area contributed by atoms with Gasteiger partial charge in [-0.25, -0.2) is 0 Å². The first kappa shape index (κ1) is 13.6. The molecule has 0 bridgehead atoms. The second kappa shape index (κ2) is 9.21. The average Bonchev–Trinajstić information content (AvgIpc) is 2.18. The number of amides is 2. The molecule has 0 aromatic heterocycles. The number of carbonyl (C=O) groups is 2. The fourth-order valence-corrected chi connectivity index (χ4v) is 0.951. The summed E-state index contributed by atoms with van der Waals surface area (Å²) < 4.78 is 0. The molecule has 0 fully saturated rings. The predicted molar refractivity (Wildman–Crippen MR) is 59.4 cm³/mol. The standard InChI is InChI=1S/C10H19N3O2/c1-3-6-11-8-10(15)13-7-5-9(14)12-4-2/h3,11H,1,4-8H2,2H3,(H,12,14)(H,13,15). The maximum absolute atomic E-state index is 11.1. The Hall–Kier alpha value is -1.36. The molecule has 0 saturated heterocycles. The molecule has 0 unspecified atom stereocenters. The van der Waals surface area contributed by atoms with E-state index in [1.165, 1.54) is 0 Å². The molecule has 0 aromatic rings. The number of carbonyl (C=O) groups excluding carboxylic acids is 2. The first-order valence-corrected chi connectivity index (χ1v) is 5.05. The lowest BCUT2D eigenvalue weighted by atomic mass is 10.4. The van der Waals surface area contributed by atoms with E-state index in [9.17, 15) is 9.59 Å². The van der Waals surface area contributed by atoms with Crippen molar-refractivity contribution in [2.24, 2.45) is 0 Å². The molecular weight excluding hydrogens is 194 g/mol. The van der Waals surface area contributed by atoms with Crippen LogP contribution in [-0.4, -0.2) is 38.0 Å². The van der Waals surface area contributed by atoms with Crippen LogP contribution >= 0.6 is 0 Å². The molecule has 0 aliphatic heterocycles. The van der Waals surface area contributed by atoms with Crippen molar-refractivity contribution in [3.05, 3.63) is 12.7 Å². The zero-order chi connectivity index (χ0) is 11.5. The molecular formula is C10H19N3O2. The van der Waals surface area contributed by atoms with Gasteiger partial charge in [0.1, 0.15) is 0 Å². The number of hydrogen-bond donors (Lipinski definition) is 3. The topological polar surface area (TPSA) is 70.2 Å². The van der Waals surface area contributed by atoms with E-state index in [2.05, 4.69) is 22.5 Å². The zero-order valence-electron chi connectivity index (χ0n) is 9.14. The van der Waals surface area contributed by atoms with Crippen LogP contribution in [0.1, 0.15) is 13.3 Å². The summed E-state index contributed by atoms with van der Waals surface area (Å²) in [5.41, 5.74) is 0. The quantitative estimate of drug-likeness (QED) is 0.372. The molecule has 0 spiro atoms. The summed E-state index contributed by atoms with van der Waals surface area (Å²) in [7, 11) is 0. The van der Waals surface area contributed by atoms with E-state index >= 15 is 0 Å². The summed E-state index contributed by atoms with van der Waals surface area (Å²) in [5, 5.41) is 8.15. The Morgan fingerprint density at radius 2 is 2.00 bits per heavy atom. The molecule has 5 nitrogen and oxygen atoms in total. The molecule has 15 heavy (non-hydrogen) atoms. The molecule has 0 heterocycles. The van der Waals surface area contributed by atoms with Crippen molar-refractivity contribution in [1.29, 1.82) is 0 Å². The van der Waals surface area contributed by atoms with E-state index in [1.807, 2.05) is 6.92 Å². The highest BCUT2D eigenvalue weighted by Gasteiger charge is 2.01. The third-order valence-electron chi connectivity index (χ3n) is 1.62. The van der Waals surface area contributed by atoms with Gasteiger partial charge in [-0.15, -0.1) is 6.58 Å². The van der Waals surface area contributed by atoms with Gasteiger partial charge >= 0.3 is 0 Å². The molecule has 2 amide bonds. The fraction of sp³-hybridized carbons (Fsp3) is 0.600. The molecule has 0 aliphatic rings. The van der Waals surface area contributed by atoms with Crippen LogP contribution in [0, 0.1) is 0 Å². The summed E-state index contributed by atoms with van der Waals surface area (Å²) in [6.45, 7) is 7.22. The monoisotopic (exact) mass is 213 g/mol. The highest BCUT2D eigenvalue weighted by Crippen LogP contribution is 1.76. The van der Waals surface area contributed by atoms with Gasteiger partial charge in [-0.3, -0.25) is 9.59 Å². The summed E-state index contributed by atoms with van der Waals surface area (Å²) in [6.07, 6.45) is 2.00. The Kier molecular flexibility index (Phi) is 8.37. The maximum atomic E-state index is 11.1. The zero-order valence-corrected chi connectivity index (χ0v) is 9.14. The van der Waals surface area contributed by atoms with Crippen molar-refractivity contribution in [3.8, 4) is 0 Å². The van der Waals surface area contributed by atoms with E-state index in [1.54, 1.807) is 6.08 Å². The highest BCUT2D eigenvalue weighted by molar-refractivity contribution is 5.80. The van der Waals surface area contributed by atoms with Crippen LogP contribution in [0.2, 0.25) is 0 Å². The van der Waals surface area contributed by atoms with Crippen LogP contribution in [-0.2, 0) is 9.59 Å². The van der Waals surface area contributed by atoms with Crippen LogP contribution in [0.4, 0.5) is 0 Å². The van der Waals surface area contributed by atoms with Crippen LogP contribution in [0.25, 0.3) is 0 Å². The lowest BCUT2D eigenvalue weighted by Crippen LogP contribution is -2.36. The number of nitrogens with one attached hydrogen (secondary N) is 3. The third kappa shape index (κ3) is 8.96. The number of rotatable bonds is 8. The molecule has 86 valence electrons. The molecule has 0 radical (unpaired) electrons. The van der Waals surface area contributed by atoms with Crippen molar-refractivity contribution in [1.82, 2.24) is 16.0 Å². The second-order valence-corrected chi connectivity index (χ2v) is 2.97. The van der Waals surface area contributed by atoms with Gasteiger partial charge in [0.2, 0.25) is 11.8 Å². The average molecular weight is 213 g/mol. The SMILES string of the molecule is C=CCNCC(=O)NCCC(=O)NCC. The molecule has 0 saturated carbocycles. The van der Waals surface area contributed by atoms with Gasteiger partial charge in [0.15, 0.2) is 0 Å². The minimum atomic E-state index is -0.110. The molecule has 0 rings (SSSR count). The number of hydrogen-bond acceptors (Lipinski definition) is 3. The molecule has 0 aromatic carbocycles. The lowest BCUT2D eigenvalue weighted by molar-refractivity contribution is -0.121. The molecule has 3 N–H and O–H groups in total. The fourth-order valence-electron chi connectivity index (χ4n) is 0.951. The summed E-state index contributed by atoms with van der Waals surface area (Å²) in [5.74, 6) is -0.155. The van der Waals surface area contributed by atoms with Crippen molar-refractivity contribution in [2.75, 3.05) is 26.2 Å². The smallest absolute Gasteiger partial charge is 0.233 e. The van der Waals surface area contributed by atoms with E-state index in [4.69, 9.17) is 0 Å². The maximum Gasteiger partial charge on any atom is 0.233 e. The minimum absolute atomic E-state index is 0.0446. The van der Waals surface area contributed by atoms with Gasteiger partial charge in [0.05, 0.1) is 6.54 Å². The largest absolute Gasteiger partial charge is 0.356 e. The van der Waals surface area contributed by atoms with Gasteiger partial charge < -0.3 is 16.0 Å². The van der Waals surface area contributed by atoms with Crippen molar-refractivity contribution in [2.45, 2.75) is 13.3 Å². The molecule has 0 aliphatic carbocycles. The Bertz CT molecular complexity index is 217. The van der Waals surface area contributed by atoms with E-state index in [0.29, 0.717) is 26.1 Å². The minimum Gasteiger partial charge on any atom is -0.356 e. The van der Waals surface area contributed by atoms with Gasteiger partial charge in [-0.2, -0.15) is 0 Å². The van der Waals surface area contributed by atoms with E-state index in [-0.39, 0.29) is 18.4 Å². The Labute approximate surface area is 90.3 Å². The van der Waals surface area contributed by atoms with Gasteiger partial charge in [-0.1, -0.05) is 6.08 Å². The third-order valence-corrected chi connectivity index (χ3v) is 1.62. The van der Waals surface area contributed by atoms with E-state index in [0.717, 1.165) is 0 Å². The predicted octanol–water partition coefficient (Wildman–Crippen LogP) is -0.596. The molecule has 5 heteroatoms. The van der Waals surface area contributed by atoms with Crippen LogP contribution in [0.3, 0.4) is 0 Å². The van der Waals surface area contributed by atoms with Crippen LogP contribution in [0.5, 0.6) is 0 Å². The van der Waals surface area contributed by atoms with Crippen LogP contribution < -0.4 is 16.0 Å². The molecule has 0 atom stereocenters. The Morgan fingerprint density at radius 3 is 2.60 bits per heavy atom. The van der Waals surface area contributed by atoms with Gasteiger partial charge in [-0.05, 0) is 6.92 Å². The van der Waals surface area contributed by atoms with Crippen molar-refractivity contribution in [3.63, 3.8) is 0 Å². The Morgan fingerprint density at radius 1 is 1.27 bits per heavy atom. The Balaban J connectivity index is 3.38. The lowest BCUT2D eigenvalue weighted by Gasteiger charge is -2.05. The van der Waals surface area contributed by atoms with Gasteiger partial charge in [0.25, 0.3) is 0 Å².